The van der Waals surface area contributed by atoms with Crippen molar-refractivity contribution in [3.63, 3.8) is 0 Å². The summed E-state index contributed by atoms with van der Waals surface area (Å²) in [7, 11) is 0. The Labute approximate surface area is 466 Å². The topological polar surface area (TPSA) is 0 Å². The minimum Gasteiger partial charge on any atom is -0.0919 e. The van der Waals surface area contributed by atoms with Crippen molar-refractivity contribution in [3.8, 4) is 55.6 Å². The summed E-state index contributed by atoms with van der Waals surface area (Å²) in [4.78, 5) is 0. The van der Waals surface area contributed by atoms with Gasteiger partial charge in [-0.3, -0.25) is 0 Å². The Morgan fingerprint density at radius 2 is 0.405 bits per heavy atom. The highest BCUT2D eigenvalue weighted by molar-refractivity contribution is 6.27. The van der Waals surface area contributed by atoms with Crippen LogP contribution in [0.25, 0.3) is 120 Å². The molecule has 0 atom stereocenters. The number of allylic oxidation sites excluding steroid dienone is 2. The quantitative estimate of drug-likeness (QED) is 0.119. The molecule has 79 heavy (non-hydrogen) atoms. The van der Waals surface area contributed by atoms with E-state index >= 15 is 0 Å². The maximum absolute atomic E-state index is 2.39. The van der Waals surface area contributed by atoms with E-state index in [0.717, 1.165) is 0 Å². The van der Waals surface area contributed by atoms with Gasteiger partial charge in [-0.1, -0.05) is 284 Å². The highest BCUT2D eigenvalue weighted by Gasteiger charge is 2.14. The summed E-state index contributed by atoms with van der Waals surface area (Å²) in [6.45, 7) is 10.3. The van der Waals surface area contributed by atoms with E-state index in [1.165, 1.54) is 137 Å². The van der Waals surface area contributed by atoms with E-state index in [-0.39, 0.29) is 0 Å². The van der Waals surface area contributed by atoms with E-state index in [4.69, 9.17) is 0 Å². The van der Waals surface area contributed by atoms with E-state index in [1.54, 1.807) is 0 Å². The molecule has 14 aromatic carbocycles. The van der Waals surface area contributed by atoms with Gasteiger partial charge in [-0.2, -0.15) is 0 Å². The third kappa shape index (κ3) is 11.3. The monoisotopic (exact) mass is 1010 g/mol. The van der Waals surface area contributed by atoms with Crippen LogP contribution in [-0.4, -0.2) is 0 Å². The van der Waals surface area contributed by atoms with E-state index in [1.807, 2.05) is 62.4 Å². The molecule has 0 aliphatic heterocycles. The lowest BCUT2D eigenvalue weighted by molar-refractivity contribution is 1.48. The number of hydrogen-bond acceptors (Lipinski definition) is 0. The molecule has 0 fully saturated rings. The fourth-order valence-corrected chi connectivity index (χ4v) is 10.9. The van der Waals surface area contributed by atoms with Gasteiger partial charge in [0.1, 0.15) is 0 Å². The van der Waals surface area contributed by atoms with Crippen LogP contribution in [0.3, 0.4) is 0 Å². The van der Waals surface area contributed by atoms with Crippen LogP contribution in [0.2, 0.25) is 0 Å². The average molecular weight is 1010 g/mol. The van der Waals surface area contributed by atoms with Crippen molar-refractivity contribution < 1.29 is 0 Å². The molecule has 0 amide bonds. The molecule has 0 saturated heterocycles. The number of fused-ring (bicyclic) bond motifs is 12. The zero-order valence-electron chi connectivity index (χ0n) is 45.8. The molecular weight excluding hydrogens is 949 g/mol. The fraction of sp³-hybridized carbons (Fsp3) is 0.0633. The molecule has 0 aromatic heterocycles. The van der Waals surface area contributed by atoms with Crippen molar-refractivity contribution in [1.82, 2.24) is 0 Å². The van der Waals surface area contributed by atoms with Crippen LogP contribution in [0, 0.1) is 20.8 Å². The van der Waals surface area contributed by atoms with Crippen molar-refractivity contribution in [2.75, 3.05) is 0 Å². The standard InChI is InChI=1S/C61H40.2C7H8.C4H8/c1-39-21-29-54-50-17-5-7-19-52(50)59-37-48(27-31-56(59)58(54)33-39)45-15-9-13-43(34-45)41-22-24-42(25-23-41)44-14-10-16-46(35-44)49-28-32-57-60(38-49)53-20-8-6-18-51(53)55-30-26-47(36-61(55)57)40-11-3-2-4-12-40;2*1-7-5-3-2-4-6-7;1-3-4-2/h2-38H,1H3;2*2-6H,1H3;3-4H,1-2H3/b;;;4-3-. The smallest absolute Gasteiger partial charge is 0.00928 e. The molecule has 0 heteroatoms. The molecule has 0 aliphatic carbocycles. The second-order valence-corrected chi connectivity index (χ2v) is 20.5. The maximum atomic E-state index is 2.39. The van der Waals surface area contributed by atoms with Crippen LogP contribution in [0.5, 0.6) is 0 Å². The molecule has 0 spiro atoms. The van der Waals surface area contributed by atoms with Crippen LogP contribution in [0.4, 0.5) is 0 Å². The number of aryl methyl sites for hydroxylation is 3. The zero-order valence-corrected chi connectivity index (χ0v) is 45.8. The Morgan fingerprint density at radius 3 is 0.772 bits per heavy atom. The van der Waals surface area contributed by atoms with Gasteiger partial charge in [0, 0.05) is 0 Å². The van der Waals surface area contributed by atoms with Gasteiger partial charge in [0.05, 0.1) is 0 Å². The molecule has 14 aromatic rings. The molecule has 0 bridgehead atoms. The van der Waals surface area contributed by atoms with Crippen molar-refractivity contribution in [2.45, 2.75) is 34.6 Å². The zero-order chi connectivity index (χ0) is 54.1. The molecule has 0 unspecified atom stereocenters. The molecular formula is C79H64. The van der Waals surface area contributed by atoms with Crippen LogP contribution < -0.4 is 0 Å². The fourth-order valence-electron chi connectivity index (χ4n) is 10.9. The minimum atomic E-state index is 1.20. The van der Waals surface area contributed by atoms with Gasteiger partial charge in [-0.05, 0) is 185 Å². The Hall–Kier alpha value is -9.62. The minimum absolute atomic E-state index is 1.20. The first-order valence-corrected chi connectivity index (χ1v) is 27.5. The predicted octanol–water partition coefficient (Wildman–Crippen LogP) is 22.8. The first-order valence-electron chi connectivity index (χ1n) is 27.5. The maximum Gasteiger partial charge on any atom is -0.00928 e. The van der Waals surface area contributed by atoms with Crippen molar-refractivity contribution in [3.05, 3.63) is 314 Å². The average Bonchev–Trinajstić information content (AvgIpc) is 3.59. The Bertz CT molecular complexity index is 4390. The van der Waals surface area contributed by atoms with Gasteiger partial charge in [0.2, 0.25) is 0 Å². The summed E-state index contributed by atoms with van der Waals surface area (Å²) in [5.41, 5.74) is 16.1. The first kappa shape index (κ1) is 51.5. The van der Waals surface area contributed by atoms with Gasteiger partial charge in [0.25, 0.3) is 0 Å². The Morgan fingerprint density at radius 1 is 0.165 bits per heavy atom. The largest absolute Gasteiger partial charge is 0.0919 e. The molecule has 0 nitrogen and oxygen atoms in total. The van der Waals surface area contributed by atoms with Crippen LogP contribution >= 0.6 is 0 Å². The molecule has 0 aliphatic rings. The van der Waals surface area contributed by atoms with Gasteiger partial charge in [-0.25, -0.2) is 0 Å². The lowest BCUT2D eigenvalue weighted by Crippen LogP contribution is -1.87. The van der Waals surface area contributed by atoms with E-state index in [2.05, 4.69) is 269 Å². The molecule has 14 rings (SSSR count). The summed E-state index contributed by atoms with van der Waals surface area (Å²) in [5.74, 6) is 0. The molecule has 0 heterocycles. The van der Waals surface area contributed by atoms with Crippen LogP contribution in [0.15, 0.2) is 297 Å². The number of hydrogen-bond donors (Lipinski definition) is 0. The number of benzene rings is 14. The lowest BCUT2D eigenvalue weighted by Gasteiger charge is -2.14. The third-order valence-electron chi connectivity index (χ3n) is 15.1. The van der Waals surface area contributed by atoms with Gasteiger partial charge < -0.3 is 0 Å². The lowest BCUT2D eigenvalue weighted by atomic mass is 9.90. The number of rotatable bonds is 5. The van der Waals surface area contributed by atoms with E-state index < -0.39 is 0 Å². The highest BCUT2D eigenvalue weighted by Crippen LogP contribution is 2.41. The third-order valence-corrected chi connectivity index (χ3v) is 15.1. The summed E-state index contributed by atoms with van der Waals surface area (Å²) in [5, 5.41) is 15.5. The SMILES string of the molecule is C/C=C\C.Cc1ccc2c3ccccc3c3cc(-c4cccc(-c5ccc(-c6cccc(-c7ccc8c9cc(-c%10ccccc%10)ccc9c9ccccc9c8c7)c6)cc5)c4)ccc3c2c1.Cc1ccccc1.Cc1ccccc1. The predicted molar refractivity (Wildman–Crippen MR) is 346 cm³/mol. The van der Waals surface area contributed by atoms with Crippen molar-refractivity contribution in [1.29, 1.82) is 0 Å². The van der Waals surface area contributed by atoms with Crippen LogP contribution in [0.1, 0.15) is 30.5 Å². The summed E-state index contributed by atoms with van der Waals surface area (Å²) < 4.78 is 0. The van der Waals surface area contributed by atoms with Gasteiger partial charge >= 0.3 is 0 Å². The van der Waals surface area contributed by atoms with E-state index in [0.29, 0.717) is 0 Å². The molecule has 0 saturated carbocycles. The van der Waals surface area contributed by atoms with E-state index in [9.17, 15) is 0 Å². The van der Waals surface area contributed by atoms with Crippen LogP contribution in [-0.2, 0) is 0 Å². The van der Waals surface area contributed by atoms with Crippen molar-refractivity contribution >= 4 is 64.6 Å². The second-order valence-electron chi connectivity index (χ2n) is 20.5. The molecule has 380 valence electrons. The first-order chi connectivity index (χ1) is 38.8. The molecule has 0 N–H and O–H groups in total. The summed E-state index contributed by atoms with van der Waals surface area (Å²) in [6.07, 6.45) is 4.00. The Kier molecular flexibility index (Phi) is 15.5. The second kappa shape index (κ2) is 23.7. The summed E-state index contributed by atoms with van der Waals surface area (Å²) in [6, 6.07) is 104. The Balaban J connectivity index is 0.000000314. The summed E-state index contributed by atoms with van der Waals surface area (Å²) >= 11 is 0. The van der Waals surface area contributed by atoms with Crippen molar-refractivity contribution in [2.24, 2.45) is 0 Å². The van der Waals surface area contributed by atoms with Gasteiger partial charge in [0.15, 0.2) is 0 Å². The normalized spacial score (nSPS) is 11.1. The molecule has 0 radical (unpaired) electrons. The highest BCUT2D eigenvalue weighted by atomic mass is 14.2. The van der Waals surface area contributed by atoms with Gasteiger partial charge in [-0.15, -0.1) is 0 Å².